The largest absolute Gasteiger partial charge is 0.444 e. The average molecular weight is 576 g/mol. The summed E-state index contributed by atoms with van der Waals surface area (Å²) in [6, 6.07) is 17.9. The van der Waals surface area contributed by atoms with Gasteiger partial charge in [-0.3, -0.25) is 0 Å². The molecular formula is C31H34FN5O3S. The number of ether oxygens (including phenoxy) is 1. The summed E-state index contributed by atoms with van der Waals surface area (Å²) in [4.78, 5) is 29.0. The summed E-state index contributed by atoms with van der Waals surface area (Å²) < 4.78 is 19.3. The summed E-state index contributed by atoms with van der Waals surface area (Å²) >= 11 is 1.35. The van der Waals surface area contributed by atoms with Crippen molar-refractivity contribution in [3.05, 3.63) is 83.2 Å². The van der Waals surface area contributed by atoms with Crippen molar-refractivity contribution in [1.82, 2.24) is 19.9 Å². The standard InChI is InChI=1S/C31H34FN5O3S/c1-20(21-8-6-5-7-9-21)34-28-33-17-14-24(35-28)26-25(22-10-12-23(32)13-11-22)36-27(41-26)31(39)15-18-37(19-16-31)29(38)40-30(2,3)4/h5-14,17,20,39H,15-16,18-19H2,1-4H3,(H,33,34,35)/t20-/m0/s1. The molecule has 0 aliphatic carbocycles. The molecule has 1 aliphatic heterocycles. The first-order valence-electron chi connectivity index (χ1n) is 13.6. The first kappa shape index (κ1) is 28.6. The SMILES string of the molecule is C[C@H](Nc1nccc(-c2sc(C3(O)CCN(C(=O)OC(C)(C)C)CC3)nc2-c2ccc(F)cc2)n1)c1ccccc1. The van der Waals surface area contributed by atoms with Gasteiger partial charge >= 0.3 is 6.09 Å². The Balaban J connectivity index is 1.44. The van der Waals surface area contributed by atoms with Crippen LogP contribution in [0.3, 0.4) is 0 Å². The molecule has 2 N–H and O–H groups in total. The highest BCUT2D eigenvalue weighted by Crippen LogP contribution is 2.43. The normalized spacial score (nSPS) is 15.8. The number of nitrogens with zero attached hydrogens (tertiary/aromatic N) is 4. The third-order valence-corrected chi connectivity index (χ3v) is 8.19. The number of piperidine rings is 1. The molecular weight excluding hydrogens is 541 g/mol. The van der Waals surface area contributed by atoms with Crippen LogP contribution in [-0.4, -0.2) is 49.7 Å². The fourth-order valence-electron chi connectivity index (χ4n) is 4.67. The summed E-state index contributed by atoms with van der Waals surface area (Å²) in [5, 5.41) is 15.6. The number of anilines is 1. The molecule has 214 valence electrons. The van der Waals surface area contributed by atoms with Crippen molar-refractivity contribution in [2.45, 2.75) is 57.8 Å². The minimum Gasteiger partial charge on any atom is -0.444 e. The van der Waals surface area contributed by atoms with Crippen molar-refractivity contribution >= 4 is 23.4 Å². The molecule has 41 heavy (non-hydrogen) atoms. The third kappa shape index (κ3) is 6.71. The van der Waals surface area contributed by atoms with E-state index in [1.165, 1.54) is 23.5 Å². The Labute approximate surface area is 243 Å². The Morgan fingerprint density at radius 1 is 1.07 bits per heavy atom. The number of rotatable bonds is 6. The molecule has 8 nitrogen and oxygen atoms in total. The summed E-state index contributed by atoms with van der Waals surface area (Å²) in [6.45, 7) is 8.20. The molecule has 1 saturated heterocycles. The van der Waals surface area contributed by atoms with Gasteiger partial charge in [-0.25, -0.2) is 24.1 Å². The summed E-state index contributed by atoms with van der Waals surface area (Å²) in [7, 11) is 0. The molecule has 1 aliphatic rings. The molecule has 2 aromatic heterocycles. The lowest BCUT2D eigenvalue weighted by Crippen LogP contribution is -2.46. The van der Waals surface area contributed by atoms with E-state index in [1.54, 1.807) is 29.3 Å². The maximum atomic E-state index is 13.8. The summed E-state index contributed by atoms with van der Waals surface area (Å²) in [5.41, 5.74) is 1.24. The van der Waals surface area contributed by atoms with Gasteiger partial charge in [0.1, 0.15) is 22.0 Å². The molecule has 0 saturated carbocycles. The highest BCUT2D eigenvalue weighted by Gasteiger charge is 2.40. The molecule has 5 rings (SSSR count). The van der Waals surface area contributed by atoms with E-state index in [0.29, 0.717) is 53.8 Å². The van der Waals surface area contributed by atoms with Gasteiger partial charge < -0.3 is 20.1 Å². The highest BCUT2D eigenvalue weighted by atomic mass is 32.1. The van der Waals surface area contributed by atoms with Crippen molar-refractivity contribution < 1.29 is 19.0 Å². The fraction of sp³-hybridized carbons (Fsp3) is 0.355. The molecule has 0 radical (unpaired) electrons. The van der Waals surface area contributed by atoms with Crippen LogP contribution < -0.4 is 5.32 Å². The van der Waals surface area contributed by atoms with Gasteiger partial charge in [-0.15, -0.1) is 11.3 Å². The predicted octanol–water partition coefficient (Wildman–Crippen LogP) is 6.80. The maximum Gasteiger partial charge on any atom is 0.410 e. The fourth-order valence-corrected chi connectivity index (χ4v) is 5.87. The van der Waals surface area contributed by atoms with Crippen molar-refractivity contribution in [2.75, 3.05) is 18.4 Å². The number of aliphatic hydroxyl groups is 1. The minimum absolute atomic E-state index is 0.0177. The van der Waals surface area contributed by atoms with Crippen molar-refractivity contribution in [1.29, 1.82) is 0 Å². The third-order valence-electron chi connectivity index (χ3n) is 6.92. The van der Waals surface area contributed by atoms with E-state index in [0.717, 1.165) is 10.4 Å². The lowest BCUT2D eigenvalue weighted by Gasteiger charge is -2.37. The predicted molar refractivity (Wildman–Crippen MR) is 158 cm³/mol. The zero-order valence-electron chi connectivity index (χ0n) is 23.6. The Bertz CT molecular complexity index is 1500. The van der Waals surface area contributed by atoms with E-state index >= 15 is 0 Å². The second-order valence-corrected chi connectivity index (χ2v) is 12.2. The molecule has 10 heteroatoms. The Hall–Kier alpha value is -3.89. The van der Waals surface area contributed by atoms with Crippen molar-refractivity contribution in [3.63, 3.8) is 0 Å². The van der Waals surface area contributed by atoms with Crippen LogP contribution in [0.1, 0.15) is 57.1 Å². The molecule has 1 amide bonds. The average Bonchev–Trinajstić information content (AvgIpc) is 3.40. The number of nitrogens with one attached hydrogen (secondary N) is 1. The van der Waals surface area contributed by atoms with Gasteiger partial charge in [0.25, 0.3) is 0 Å². The van der Waals surface area contributed by atoms with Gasteiger partial charge in [-0.2, -0.15) is 0 Å². The number of thiazole rings is 1. The molecule has 0 unspecified atom stereocenters. The van der Waals surface area contributed by atoms with Crippen LogP contribution in [0.4, 0.5) is 15.1 Å². The van der Waals surface area contributed by atoms with E-state index in [9.17, 15) is 14.3 Å². The lowest BCUT2D eigenvalue weighted by molar-refractivity contribution is -0.0356. The quantitative estimate of drug-likeness (QED) is 0.261. The second kappa shape index (κ2) is 11.5. The molecule has 0 bridgehead atoms. The van der Waals surface area contributed by atoms with Gasteiger partial charge in [0.05, 0.1) is 22.3 Å². The van der Waals surface area contributed by atoms with Crippen molar-refractivity contribution in [3.8, 4) is 21.8 Å². The number of halogens is 1. The van der Waals surface area contributed by atoms with Crippen LogP contribution in [-0.2, 0) is 10.3 Å². The van der Waals surface area contributed by atoms with E-state index in [2.05, 4.69) is 10.3 Å². The van der Waals surface area contributed by atoms with Crippen molar-refractivity contribution in [2.24, 2.45) is 0 Å². The van der Waals surface area contributed by atoms with Crippen LogP contribution >= 0.6 is 11.3 Å². The van der Waals surface area contributed by atoms with Crippen LogP contribution in [0.25, 0.3) is 21.8 Å². The minimum atomic E-state index is -1.23. The van der Waals surface area contributed by atoms with E-state index in [-0.39, 0.29) is 11.9 Å². The molecule has 1 fully saturated rings. The Morgan fingerprint density at radius 3 is 2.41 bits per heavy atom. The number of benzene rings is 2. The van der Waals surface area contributed by atoms with Gasteiger partial charge in [-0.1, -0.05) is 30.3 Å². The second-order valence-electron chi connectivity index (χ2n) is 11.2. The molecule has 0 spiro atoms. The molecule has 3 heterocycles. The first-order chi connectivity index (χ1) is 19.5. The smallest absolute Gasteiger partial charge is 0.410 e. The monoisotopic (exact) mass is 575 g/mol. The summed E-state index contributed by atoms with van der Waals surface area (Å²) in [6.07, 6.45) is 1.92. The number of amides is 1. The number of hydrogen-bond donors (Lipinski definition) is 2. The molecule has 2 aromatic carbocycles. The van der Waals surface area contributed by atoms with Gasteiger partial charge in [0.2, 0.25) is 5.95 Å². The highest BCUT2D eigenvalue weighted by molar-refractivity contribution is 7.15. The van der Waals surface area contributed by atoms with Crippen LogP contribution in [0, 0.1) is 5.82 Å². The van der Waals surface area contributed by atoms with Crippen LogP contribution in [0.15, 0.2) is 66.9 Å². The van der Waals surface area contributed by atoms with Gasteiger partial charge in [0.15, 0.2) is 0 Å². The Morgan fingerprint density at radius 2 is 1.76 bits per heavy atom. The summed E-state index contributed by atoms with van der Waals surface area (Å²) in [5.74, 6) is 0.116. The zero-order chi connectivity index (χ0) is 29.2. The maximum absolute atomic E-state index is 13.8. The number of carbonyl (C=O) groups is 1. The van der Waals surface area contributed by atoms with Crippen LogP contribution in [0.2, 0.25) is 0 Å². The Kier molecular flexibility index (Phi) is 8.06. The lowest BCUT2D eigenvalue weighted by atomic mass is 9.92. The molecule has 1 atom stereocenters. The van der Waals surface area contributed by atoms with Gasteiger partial charge in [0, 0.05) is 37.7 Å². The number of carbonyl (C=O) groups excluding carboxylic acids is 1. The molecule has 4 aromatic rings. The van der Waals surface area contributed by atoms with Crippen LogP contribution in [0.5, 0.6) is 0 Å². The van der Waals surface area contributed by atoms with E-state index < -0.39 is 17.3 Å². The topological polar surface area (TPSA) is 100 Å². The number of hydrogen-bond acceptors (Lipinski definition) is 8. The van der Waals surface area contributed by atoms with Gasteiger partial charge in [-0.05, 0) is 63.6 Å². The van der Waals surface area contributed by atoms with E-state index in [1.807, 2.05) is 58.0 Å². The first-order valence-corrected chi connectivity index (χ1v) is 14.4. The number of aromatic nitrogens is 3. The zero-order valence-corrected chi connectivity index (χ0v) is 24.4. The van der Waals surface area contributed by atoms with E-state index in [4.69, 9.17) is 14.7 Å². The number of likely N-dealkylation sites (tertiary alicyclic amines) is 1.